The van der Waals surface area contributed by atoms with Crippen LogP contribution in [0.4, 0.5) is 0 Å². The number of aliphatic imine (C=N–C) groups is 1. The molecule has 2 rings (SSSR count). The Kier molecular flexibility index (Phi) is 6.58. The molecule has 0 saturated carbocycles. The highest BCUT2D eigenvalue weighted by Gasteiger charge is 2.14. The van der Waals surface area contributed by atoms with Gasteiger partial charge in [0.25, 0.3) is 0 Å². The maximum absolute atomic E-state index is 5.81. The molecule has 0 saturated heterocycles. The molecule has 1 heterocycles. The molecule has 0 fully saturated rings. The van der Waals surface area contributed by atoms with E-state index in [0.29, 0.717) is 0 Å². The van der Waals surface area contributed by atoms with Crippen LogP contribution in [0, 0.1) is 0 Å². The van der Waals surface area contributed by atoms with Gasteiger partial charge in [-0.3, -0.25) is 4.99 Å². The van der Waals surface area contributed by atoms with E-state index in [1.807, 2.05) is 0 Å². The lowest BCUT2D eigenvalue weighted by atomic mass is 10.1. The summed E-state index contributed by atoms with van der Waals surface area (Å²) in [5.41, 5.74) is 2.40. The topological polar surface area (TPSA) is 21.6 Å². The predicted octanol–water partition coefficient (Wildman–Crippen LogP) is 5.38. The first-order chi connectivity index (χ1) is 9.81. The van der Waals surface area contributed by atoms with Crippen molar-refractivity contribution < 1.29 is 4.74 Å². The van der Waals surface area contributed by atoms with Gasteiger partial charge in [-0.25, -0.2) is 0 Å². The SMILES string of the molecule is CCCCCCCN=C1CCCOc2cc(Br)ccc21. The number of hydrogen-bond donors (Lipinski definition) is 0. The first-order valence-electron chi connectivity index (χ1n) is 7.77. The Morgan fingerprint density at radius 1 is 1.20 bits per heavy atom. The smallest absolute Gasteiger partial charge is 0.129 e. The van der Waals surface area contributed by atoms with Crippen LogP contribution in [0.25, 0.3) is 0 Å². The standard InChI is InChI=1S/C17H24BrNO/c1-2-3-4-5-6-11-19-16-8-7-12-20-17-13-14(18)9-10-15(16)17/h9-10,13H,2-8,11-12H2,1H3. The van der Waals surface area contributed by atoms with E-state index in [0.717, 1.165) is 36.2 Å². The number of halogens is 1. The van der Waals surface area contributed by atoms with Crippen molar-refractivity contribution in [2.75, 3.05) is 13.2 Å². The zero-order chi connectivity index (χ0) is 14.2. The molecule has 0 radical (unpaired) electrons. The Hall–Kier alpha value is -0.830. The van der Waals surface area contributed by atoms with Crippen molar-refractivity contribution in [3.8, 4) is 5.75 Å². The highest BCUT2D eigenvalue weighted by Crippen LogP contribution is 2.28. The van der Waals surface area contributed by atoms with E-state index in [1.165, 1.54) is 43.4 Å². The van der Waals surface area contributed by atoms with Crippen LogP contribution < -0.4 is 4.74 Å². The van der Waals surface area contributed by atoms with E-state index in [-0.39, 0.29) is 0 Å². The Labute approximate surface area is 130 Å². The summed E-state index contributed by atoms with van der Waals surface area (Å²) in [6.07, 6.45) is 8.58. The third-order valence-corrected chi connectivity index (χ3v) is 4.13. The van der Waals surface area contributed by atoms with Gasteiger partial charge in [0.2, 0.25) is 0 Å². The minimum atomic E-state index is 0.791. The van der Waals surface area contributed by atoms with Crippen molar-refractivity contribution in [3.63, 3.8) is 0 Å². The molecule has 110 valence electrons. The molecule has 0 aliphatic carbocycles. The fourth-order valence-corrected chi connectivity index (χ4v) is 2.84. The molecule has 0 unspecified atom stereocenters. The summed E-state index contributed by atoms with van der Waals surface area (Å²) in [6, 6.07) is 6.25. The first-order valence-corrected chi connectivity index (χ1v) is 8.56. The number of rotatable bonds is 6. The average Bonchev–Trinajstić information content (AvgIpc) is 2.64. The minimum Gasteiger partial charge on any atom is -0.493 e. The second-order valence-electron chi connectivity index (χ2n) is 5.34. The van der Waals surface area contributed by atoms with Gasteiger partial charge in [0, 0.05) is 22.3 Å². The Morgan fingerprint density at radius 3 is 2.90 bits per heavy atom. The number of unbranched alkanes of at least 4 members (excludes halogenated alkanes) is 4. The zero-order valence-corrected chi connectivity index (χ0v) is 13.9. The molecule has 0 N–H and O–H groups in total. The quantitative estimate of drug-likeness (QED) is 0.638. The lowest BCUT2D eigenvalue weighted by molar-refractivity contribution is 0.317. The van der Waals surface area contributed by atoms with Gasteiger partial charge >= 0.3 is 0 Å². The van der Waals surface area contributed by atoms with E-state index in [2.05, 4.69) is 41.1 Å². The number of benzene rings is 1. The molecule has 2 nitrogen and oxygen atoms in total. The third kappa shape index (κ3) is 4.62. The second-order valence-corrected chi connectivity index (χ2v) is 6.25. The van der Waals surface area contributed by atoms with E-state index in [9.17, 15) is 0 Å². The van der Waals surface area contributed by atoms with Gasteiger partial charge in [-0.15, -0.1) is 0 Å². The molecular formula is C17H24BrNO. The van der Waals surface area contributed by atoms with Crippen LogP contribution in [0.15, 0.2) is 27.7 Å². The van der Waals surface area contributed by atoms with Crippen molar-refractivity contribution in [1.29, 1.82) is 0 Å². The first kappa shape index (κ1) is 15.6. The molecule has 0 amide bonds. The molecule has 20 heavy (non-hydrogen) atoms. The van der Waals surface area contributed by atoms with E-state index in [1.54, 1.807) is 0 Å². The molecule has 1 aliphatic rings. The van der Waals surface area contributed by atoms with Gasteiger partial charge in [0.1, 0.15) is 5.75 Å². The number of fused-ring (bicyclic) bond motifs is 1. The van der Waals surface area contributed by atoms with Crippen LogP contribution in [0.3, 0.4) is 0 Å². The van der Waals surface area contributed by atoms with Crippen molar-refractivity contribution in [3.05, 3.63) is 28.2 Å². The fourth-order valence-electron chi connectivity index (χ4n) is 2.50. The Bertz CT molecular complexity index is 456. The molecule has 1 aromatic carbocycles. The van der Waals surface area contributed by atoms with E-state index >= 15 is 0 Å². The summed E-state index contributed by atoms with van der Waals surface area (Å²) in [4.78, 5) is 4.83. The summed E-state index contributed by atoms with van der Waals surface area (Å²) in [7, 11) is 0. The van der Waals surface area contributed by atoms with E-state index < -0.39 is 0 Å². The molecular weight excluding hydrogens is 314 g/mol. The summed E-state index contributed by atoms with van der Waals surface area (Å²) in [6.45, 7) is 3.99. The highest BCUT2D eigenvalue weighted by atomic mass is 79.9. The maximum atomic E-state index is 5.81. The summed E-state index contributed by atoms with van der Waals surface area (Å²) in [5, 5.41) is 0. The summed E-state index contributed by atoms with van der Waals surface area (Å²) in [5.74, 6) is 0.974. The molecule has 0 bridgehead atoms. The van der Waals surface area contributed by atoms with Gasteiger partial charge in [-0.2, -0.15) is 0 Å². The van der Waals surface area contributed by atoms with Gasteiger partial charge in [-0.1, -0.05) is 48.5 Å². The highest BCUT2D eigenvalue weighted by molar-refractivity contribution is 9.10. The van der Waals surface area contributed by atoms with Crippen LogP contribution in [0.2, 0.25) is 0 Å². The molecule has 0 atom stereocenters. The second kappa shape index (κ2) is 8.46. The average molecular weight is 338 g/mol. The van der Waals surface area contributed by atoms with Gasteiger partial charge in [-0.05, 0) is 37.5 Å². The monoisotopic (exact) mass is 337 g/mol. The van der Waals surface area contributed by atoms with Crippen molar-refractivity contribution in [2.45, 2.75) is 51.9 Å². The minimum absolute atomic E-state index is 0.791. The van der Waals surface area contributed by atoms with Crippen LogP contribution >= 0.6 is 15.9 Å². The lowest BCUT2D eigenvalue weighted by Crippen LogP contribution is -2.01. The zero-order valence-electron chi connectivity index (χ0n) is 12.3. The molecule has 0 spiro atoms. The number of ether oxygens (including phenoxy) is 1. The number of nitrogens with zero attached hydrogens (tertiary/aromatic N) is 1. The Morgan fingerprint density at radius 2 is 2.05 bits per heavy atom. The van der Waals surface area contributed by atoms with Crippen LogP contribution in [-0.2, 0) is 0 Å². The van der Waals surface area contributed by atoms with Crippen molar-refractivity contribution in [2.24, 2.45) is 4.99 Å². The van der Waals surface area contributed by atoms with E-state index in [4.69, 9.17) is 9.73 Å². The summed E-state index contributed by atoms with van der Waals surface area (Å²) >= 11 is 3.50. The normalized spacial score (nSPS) is 16.6. The molecule has 1 aromatic rings. The van der Waals surface area contributed by atoms with Crippen molar-refractivity contribution >= 4 is 21.6 Å². The predicted molar refractivity (Wildman–Crippen MR) is 89.0 cm³/mol. The van der Waals surface area contributed by atoms with Gasteiger partial charge in [0.05, 0.1) is 6.61 Å². The van der Waals surface area contributed by atoms with Gasteiger partial charge < -0.3 is 4.74 Å². The van der Waals surface area contributed by atoms with Crippen molar-refractivity contribution in [1.82, 2.24) is 0 Å². The molecule has 3 heteroatoms. The lowest BCUT2D eigenvalue weighted by Gasteiger charge is -2.08. The molecule has 1 aliphatic heterocycles. The maximum Gasteiger partial charge on any atom is 0.129 e. The fraction of sp³-hybridized carbons (Fsp3) is 0.588. The summed E-state index contributed by atoms with van der Waals surface area (Å²) < 4.78 is 6.87. The van der Waals surface area contributed by atoms with Crippen LogP contribution in [0.1, 0.15) is 57.4 Å². The largest absolute Gasteiger partial charge is 0.493 e. The Balaban J connectivity index is 1.97. The number of hydrogen-bond acceptors (Lipinski definition) is 2. The van der Waals surface area contributed by atoms with Crippen LogP contribution in [0.5, 0.6) is 5.75 Å². The van der Waals surface area contributed by atoms with Gasteiger partial charge in [0.15, 0.2) is 0 Å². The molecule has 0 aromatic heterocycles. The third-order valence-electron chi connectivity index (χ3n) is 3.63. The van der Waals surface area contributed by atoms with Crippen LogP contribution in [-0.4, -0.2) is 18.9 Å².